The van der Waals surface area contributed by atoms with Crippen LogP contribution in [0, 0.1) is 0 Å². The summed E-state index contributed by atoms with van der Waals surface area (Å²) < 4.78 is 29.0. The third-order valence-electron chi connectivity index (χ3n) is 3.81. The fourth-order valence-electron chi connectivity index (χ4n) is 2.69. The fourth-order valence-corrected chi connectivity index (χ4v) is 3.04. The molecule has 0 aromatic carbocycles. The van der Waals surface area contributed by atoms with E-state index in [0.29, 0.717) is 12.8 Å². The van der Waals surface area contributed by atoms with E-state index in [2.05, 4.69) is 32.6 Å². The number of nitrogens with one attached hydrogen (secondary N) is 1. The van der Waals surface area contributed by atoms with Crippen LogP contribution in [-0.2, 0) is 14.8 Å². The zero-order chi connectivity index (χ0) is 15.1. The highest BCUT2D eigenvalue weighted by atomic mass is 32.2. The van der Waals surface area contributed by atoms with Crippen LogP contribution in [0.1, 0.15) is 40.5 Å². The Bertz CT molecular complexity index is 438. The Morgan fingerprint density at radius 2 is 1.63 bits per heavy atom. The quantitative estimate of drug-likeness (QED) is 0.831. The first-order chi connectivity index (χ1) is 8.33. The minimum absolute atomic E-state index is 0.113. The smallest absolute Gasteiger partial charge is 0.421 e. The first-order valence-corrected chi connectivity index (χ1v) is 8.15. The van der Waals surface area contributed by atoms with Gasteiger partial charge in [-0.05, 0) is 34.7 Å². The highest BCUT2D eigenvalue weighted by Gasteiger charge is 2.44. The summed E-state index contributed by atoms with van der Waals surface area (Å²) in [6.07, 6.45) is 1.08. The van der Waals surface area contributed by atoms with Gasteiger partial charge in [0.05, 0.1) is 6.26 Å². The van der Waals surface area contributed by atoms with Crippen molar-refractivity contribution in [2.45, 2.75) is 57.7 Å². The van der Waals surface area contributed by atoms with Crippen LogP contribution in [0.15, 0.2) is 0 Å². The summed E-state index contributed by atoms with van der Waals surface area (Å²) in [4.78, 5) is 13.8. The largest absolute Gasteiger partial charge is 0.445 e. The normalized spacial score (nSPS) is 23.9. The van der Waals surface area contributed by atoms with Crippen molar-refractivity contribution in [2.24, 2.45) is 0 Å². The molecule has 1 saturated heterocycles. The van der Waals surface area contributed by atoms with Crippen molar-refractivity contribution in [1.29, 1.82) is 0 Å². The lowest BCUT2D eigenvalue weighted by Crippen LogP contribution is -2.60. The number of hydrogen-bond acceptors (Lipinski definition) is 5. The molecule has 1 rings (SSSR count). The van der Waals surface area contributed by atoms with Crippen molar-refractivity contribution >= 4 is 16.1 Å². The Morgan fingerprint density at radius 3 is 2.00 bits per heavy atom. The van der Waals surface area contributed by atoms with Gasteiger partial charge in [-0.1, -0.05) is 0 Å². The zero-order valence-electron chi connectivity index (χ0n) is 12.5. The standard InChI is InChI=1S/C12H24N2O4S/c1-11(2)7-9(8-12(3,4)14(11)5)18-10(15)13-19(6,16)17/h9H,7-8H2,1-6H3,(H,13,15). The maximum absolute atomic E-state index is 11.5. The van der Waals surface area contributed by atoms with Crippen LogP contribution in [0.2, 0.25) is 0 Å². The first-order valence-electron chi connectivity index (χ1n) is 6.26. The number of ether oxygens (including phenoxy) is 1. The van der Waals surface area contributed by atoms with Gasteiger partial charge in [-0.25, -0.2) is 17.9 Å². The predicted octanol–water partition coefficient (Wildman–Crippen LogP) is 1.32. The lowest BCUT2D eigenvalue weighted by atomic mass is 9.79. The highest BCUT2D eigenvalue weighted by Crippen LogP contribution is 2.38. The SMILES string of the molecule is CN1C(C)(C)CC(OC(=O)NS(C)(=O)=O)CC1(C)C. The van der Waals surface area contributed by atoms with Gasteiger partial charge >= 0.3 is 6.09 Å². The molecule has 19 heavy (non-hydrogen) atoms. The van der Waals surface area contributed by atoms with Crippen molar-refractivity contribution < 1.29 is 17.9 Å². The second-order valence-corrected chi connectivity index (χ2v) is 8.24. The summed E-state index contributed by atoms with van der Waals surface area (Å²) in [5.41, 5.74) is -0.227. The molecule has 112 valence electrons. The van der Waals surface area contributed by atoms with E-state index >= 15 is 0 Å². The monoisotopic (exact) mass is 292 g/mol. The Labute approximate surface area is 115 Å². The Hall–Kier alpha value is -0.820. The average Bonchev–Trinajstić information content (AvgIpc) is 2.09. The Kier molecular flexibility index (Phi) is 4.22. The molecule has 0 unspecified atom stereocenters. The van der Waals surface area contributed by atoms with E-state index in [4.69, 9.17) is 4.74 Å². The molecular formula is C12H24N2O4S. The van der Waals surface area contributed by atoms with E-state index in [0.717, 1.165) is 6.26 Å². The van der Waals surface area contributed by atoms with Crippen LogP contribution < -0.4 is 4.72 Å². The third-order valence-corrected chi connectivity index (χ3v) is 4.35. The summed E-state index contributed by atoms with van der Waals surface area (Å²) in [6.45, 7) is 8.33. The van der Waals surface area contributed by atoms with E-state index in [1.807, 2.05) is 11.8 Å². The molecule has 1 heterocycles. The minimum Gasteiger partial charge on any atom is -0.445 e. The lowest BCUT2D eigenvalue weighted by Gasteiger charge is -2.53. The molecule has 0 radical (unpaired) electrons. The molecule has 0 atom stereocenters. The van der Waals surface area contributed by atoms with Crippen LogP contribution in [-0.4, -0.2) is 49.9 Å². The van der Waals surface area contributed by atoms with E-state index in [-0.39, 0.29) is 17.2 Å². The molecule has 0 spiro atoms. The first kappa shape index (κ1) is 16.2. The van der Waals surface area contributed by atoms with Gasteiger partial charge in [-0.2, -0.15) is 0 Å². The minimum atomic E-state index is -3.58. The van der Waals surface area contributed by atoms with Gasteiger partial charge in [0.2, 0.25) is 10.0 Å². The zero-order valence-corrected chi connectivity index (χ0v) is 13.3. The second kappa shape index (κ2) is 4.94. The number of amides is 1. The summed E-state index contributed by atoms with van der Waals surface area (Å²) in [7, 11) is -1.53. The number of sulfonamides is 1. The number of carbonyl (C=O) groups is 1. The summed E-state index contributed by atoms with van der Waals surface area (Å²) in [5.74, 6) is 0. The van der Waals surface area contributed by atoms with Gasteiger partial charge in [0, 0.05) is 23.9 Å². The molecule has 0 bridgehead atoms. The summed E-state index contributed by atoms with van der Waals surface area (Å²) in [5, 5.41) is 0. The molecule has 1 aliphatic rings. The molecule has 6 nitrogen and oxygen atoms in total. The topological polar surface area (TPSA) is 75.7 Å². The maximum Gasteiger partial charge on any atom is 0.421 e. The van der Waals surface area contributed by atoms with Gasteiger partial charge in [0.25, 0.3) is 0 Å². The van der Waals surface area contributed by atoms with E-state index < -0.39 is 16.1 Å². The highest BCUT2D eigenvalue weighted by molar-refractivity contribution is 7.89. The molecule has 1 N–H and O–H groups in total. The third kappa shape index (κ3) is 4.35. The predicted molar refractivity (Wildman–Crippen MR) is 73.4 cm³/mol. The van der Waals surface area contributed by atoms with E-state index in [9.17, 15) is 13.2 Å². The van der Waals surface area contributed by atoms with Gasteiger partial charge < -0.3 is 4.74 Å². The van der Waals surface area contributed by atoms with Crippen LogP contribution >= 0.6 is 0 Å². The number of piperidine rings is 1. The van der Waals surface area contributed by atoms with Crippen molar-refractivity contribution in [3.8, 4) is 0 Å². The molecule has 7 heteroatoms. The molecule has 0 aliphatic carbocycles. The number of likely N-dealkylation sites (tertiary alicyclic amines) is 1. The average molecular weight is 292 g/mol. The lowest BCUT2D eigenvalue weighted by molar-refractivity contribution is -0.0672. The van der Waals surface area contributed by atoms with E-state index in [1.165, 1.54) is 0 Å². The molecule has 0 aromatic heterocycles. The number of carbonyl (C=O) groups excluding carboxylic acids is 1. The molecule has 0 saturated carbocycles. The van der Waals surface area contributed by atoms with Crippen molar-refractivity contribution in [2.75, 3.05) is 13.3 Å². The van der Waals surface area contributed by atoms with Gasteiger partial charge in [-0.3, -0.25) is 4.90 Å². The van der Waals surface area contributed by atoms with Crippen molar-refractivity contribution in [1.82, 2.24) is 9.62 Å². The molecule has 1 fully saturated rings. The Balaban J connectivity index is 2.74. The fraction of sp³-hybridized carbons (Fsp3) is 0.917. The Morgan fingerprint density at radius 1 is 1.21 bits per heavy atom. The number of nitrogens with zero attached hydrogens (tertiary/aromatic N) is 1. The van der Waals surface area contributed by atoms with Crippen LogP contribution in [0.3, 0.4) is 0 Å². The van der Waals surface area contributed by atoms with Crippen LogP contribution in [0.25, 0.3) is 0 Å². The van der Waals surface area contributed by atoms with E-state index in [1.54, 1.807) is 0 Å². The molecule has 0 aromatic rings. The second-order valence-electron chi connectivity index (χ2n) is 6.49. The number of rotatable bonds is 2. The van der Waals surface area contributed by atoms with Crippen LogP contribution in [0.4, 0.5) is 4.79 Å². The molecule has 1 aliphatic heterocycles. The van der Waals surface area contributed by atoms with Crippen LogP contribution in [0.5, 0.6) is 0 Å². The maximum atomic E-state index is 11.5. The van der Waals surface area contributed by atoms with Gasteiger partial charge in [0.1, 0.15) is 6.10 Å². The number of hydrogen-bond donors (Lipinski definition) is 1. The summed E-state index contributed by atoms with van der Waals surface area (Å²) in [6, 6.07) is 0. The van der Waals surface area contributed by atoms with Crippen molar-refractivity contribution in [3.05, 3.63) is 0 Å². The molecule has 1 amide bonds. The van der Waals surface area contributed by atoms with Gasteiger partial charge in [0.15, 0.2) is 0 Å². The molecular weight excluding hydrogens is 268 g/mol. The van der Waals surface area contributed by atoms with Gasteiger partial charge in [-0.15, -0.1) is 0 Å². The van der Waals surface area contributed by atoms with Crippen molar-refractivity contribution in [3.63, 3.8) is 0 Å². The summed E-state index contributed by atoms with van der Waals surface area (Å²) >= 11 is 0.